The Hall–Kier alpha value is -2.96. The first kappa shape index (κ1) is 16.5. The minimum absolute atomic E-state index is 0.0733. The SMILES string of the molecule is COC(=O)c1cc(C(=O)OC)cc(N2C(=O)[C@@H]3[C@@H](C2=O)[C@H]2C=C[C@H]3C2)c1. The summed E-state index contributed by atoms with van der Waals surface area (Å²) in [6, 6.07) is 4.10. The van der Waals surface area contributed by atoms with Gasteiger partial charge in [-0.1, -0.05) is 12.2 Å². The van der Waals surface area contributed by atoms with E-state index in [1.807, 2.05) is 12.2 Å². The number of ether oxygens (including phenoxy) is 2. The molecule has 0 radical (unpaired) electrons. The van der Waals surface area contributed by atoms with Gasteiger partial charge in [0.2, 0.25) is 11.8 Å². The highest BCUT2D eigenvalue weighted by Gasteiger charge is 2.59. The predicted molar refractivity (Wildman–Crippen MR) is 89.3 cm³/mol. The number of fused-ring (bicyclic) bond motifs is 5. The van der Waals surface area contributed by atoms with Crippen LogP contribution in [0, 0.1) is 23.7 Å². The molecule has 0 unspecified atom stereocenters. The third-order valence-corrected chi connectivity index (χ3v) is 5.49. The number of nitrogens with zero attached hydrogens (tertiary/aromatic N) is 1. The fraction of sp³-hybridized carbons (Fsp3) is 0.368. The van der Waals surface area contributed by atoms with Gasteiger partial charge in [0, 0.05) is 0 Å². The van der Waals surface area contributed by atoms with Gasteiger partial charge in [0.25, 0.3) is 0 Å². The number of carbonyl (C=O) groups is 4. The first-order chi connectivity index (χ1) is 12.5. The molecular formula is C19H17NO6. The number of rotatable bonds is 3. The van der Waals surface area contributed by atoms with Crippen LogP contribution in [0.2, 0.25) is 0 Å². The van der Waals surface area contributed by atoms with Crippen molar-refractivity contribution >= 4 is 29.4 Å². The normalized spacial score (nSPS) is 28.5. The van der Waals surface area contributed by atoms with Gasteiger partial charge in [-0.25, -0.2) is 14.5 Å². The van der Waals surface area contributed by atoms with E-state index in [4.69, 9.17) is 9.47 Å². The van der Waals surface area contributed by atoms with Crippen molar-refractivity contribution in [3.8, 4) is 0 Å². The van der Waals surface area contributed by atoms with Crippen molar-refractivity contribution in [1.29, 1.82) is 0 Å². The van der Waals surface area contributed by atoms with Gasteiger partial charge >= 0.3 is 11.9 Å². The second-order valence-electron chi connectivity index (χ2n) is 6.76. The lowest BCUT2D eigenvalue weighted by Gasteiger charge is -2.18. The highest BCUT2D eigenvalue weighted by Crippen LogP contribution is 2.53. The Morgan fingerprint density at radius 1 is 0.885 bits per heavy atom. The van der Waals surface area contributed by atoms with Crippen molar-refractivity contribution in [3.05, 3.63) is 41.5 Å². The number of amides is 2. The van der Waals surface area contributed by atoms with Crippen LogP contribution in [0.5, 0.6) is 0 Å². The molecule has 1 saturated carbocycles. The zero-order valence-corrected chi connectivity index (χ0v) is 14.3. The molecule has 4 rings (SSSR count). The Morgan fingerprint density at radius 3 is 1.77 bits per heavy atom. The van der Waals surface area contributed by atoms with Gasteiger partial charge in [0.15, 0.2) is 0 Å². The molecule has 0 spiro atoms. The largest absolute Gasteiger partial charge is 0.465 e. The van der Waals surface area contributed by atoms with Crippen LogP contribution in [0.3, 0.4) is 0 Å². The Kier molecular flexibility index (Phi) is 3.68. The fourth-order valence-corrected chi connectivity index (χ4v) is 4.37. The fourth-order valence-electron chi connectivity index (χ4n) is 4.37. The molecule has 26 heavy (non-hydrogen) atoms. The molecule has 0 aromatic heterocycles. The van der Waals surface area contributed by atoms with E-state index in [9.17, 15) is 19.2 Å². The van der Waals surface area contributed by atoms with Crippen molar-refractivity contribution in [2.75, 3.05) is 19.1 Å². The summed E-state index contributed by atoms with van der Waals surface area (Å²) < 4.78 is 9.41. The highest BCUT2D eigenvalue weighted by atomic mass is 16.5. The van der Waals surface area contributed by atoms with Crippen LogP contribution in [0.15, 0.2) is 30.4 Å². The minimum Gasteiger partial charge on any atom is -0.465 e. The van der Waals surface area contributed by atoms with Gasteiger partial charge in [-0.2, -0.15) is 0 Å². The highest BCUT2D eigenvalue weighted by molar-refractivity contribution is 6.23. The predicted octanol–water partition coefficient (Wildman–Crippen LogP) is 1.57. The maximum atomic E-state index is 12.9. The lowest BCUT2D eigenvalue weighted by Crippen LogP contribution is -2.33. The van der Waals surface area contributed by atoms with Crippen LogP contribution in [-0.4, -0.2) is 38.0 Å². The maximum absolute atomic E-state index is 12.9. The van der Waals surface area contributed by atoms with Crippen LogP contribution in [0.25, 0.3) is 0 Å². The van der Waals surface area contributed by atoms with Crippen LogP contribution < -0.4 is 4.90 Å². The molecule has 3 aliphatic rings. The van der Waals surface area contributed by atoms with Crippen LogP contribution in [0.4, 0.5) is 5.69 Å². The summed E-state index contributed by atoms with van der Waals surface area (Å²) in [6.07, 6.45) is 4.84. The molecule has 1 heterocycles. The Morgan fingerprint density at radius 2 is 1.35 bits per heavy atom. The average Bonchev–Trinajstić information content (AvgIpc) is 3.33. The molecule has 7 heteroatoms. The Balaban J connectivity index is 1.78. The number of imide groups is 1. The average molecular weight is 355 g/mol. The summed E-state index contributed by atoms with van der Waals surface area (Å²) in [5, 5.41) is 0. The van der Waals surface area contributed by atoms with E-state index in [1.54, 1.807) is 0 Å². The van der Waals surface area contributed by atoms with Crippen LogP contribution in [-0.2, 0) is 19.1 Å². The molecule has 134 valence electrons. The number of hydrogen-bond donors (Lipinski definition) is 0. The van der Waals surface area contributed by atoms with Crippen LogP contribution in [0.1, 0.15) is 27.1 Å². The summed E-state index contributed by atoms with van der Waals surface area (Å²) in [7, 11) is 2.43. The number of anilines is 1. The molecular weight excluding hydrogens is 338 g/mol. The zero-order chi connectivity index (χ0) is 18.6. The van der Waals surface area contributed by atoms with Gasteiger partial charge < -0.3 is 9.47 Å². The first-order valence-electron chi connectivity index (χ1n) is 8.34. The maximum Gasteiger partial charge on any atom is 0.337 e. The minimum atomic E-state index is -0.668. The number of methoxy groups -OCH3 is 2. The molecule has 2 bridgehead atoms. The van der Waals surface area contributed by atoms with Gasteiger partial charge in [-0.05, 0) is 36.5 Å². The smallest absolute Gasteiger partial charge is 0.337 e. The van der Waals surface area contributed by atoms with E-state index >= 15 is 0 Å². The third kappa shape index (κ3) is 2.20. The summed E-state index contributed by atoms with van der Waals surface area (Å²) >= 11 is 0. The lowest BCUT2D eigenvalue weighted by atomic mass is 9.85. The molecule has 1 aromatic rings. The van der Waals surface area contributed by atoms with Crippen molar-refractivity contribution < 1.29 is 28.7 Å². The molecule has 2 amide bonds. The molecule has 4 atom stereocenters. The molecule has 1 saturated heterocycles. The molecule has 0 N–H and O–H groups in total. The van der Waals surface area contributed by atoms with Crippen LogP contribution >= 0.6 is 0 Å². The van der Waals surface area contributed by atoms with E-state index in [0.29, 0.717) is 0 Å². The molecule has 2 fully saturated rings. The number of allylic oxidation sites excluding steroid dienone is 2. The monoisotopic (exact) mass is 355 g/mol. The molecule has 2 aliphatic carbocycles. The van der Waals surface area contributed by atoms with E-state index in [1.165, 1.54) is 32.4 Å². The first-order valence-corrected chi connectivity index (χ1v) is 8.34. The van der Waals surface area contributed by atoms with Crippen molar-refractivity contribution in [1.82, 2.24) is 0 Å². The summed E-state index contributed by atoms with van der Waals surface area (Å²) in [5.41, 5.74) is 0.338. The van der Waals surface area contributed by atoms with Gasteiger partial charge in [0.05, 0.1) is 42.9 Å². The summed E-state index contributed by atoms with van der Waals surface area (Å²) in [4.78, 5) is 50.8. The number of esters is 2. The van der Waals surface area contributed by atoms with Gasteiger partial charge in [0.1, 0.15) is 0 Å². The van der Waals surface area contributed by atoms with E-state index in [-0.39, 0.29) is 52.3 Å². The van der Waals surface area contributed by atoms with E-state index in [0.717, 1.165) is 11.3 Å². The summed E-state index contributed by atoms with van der Waals surface area (Å²) in [5.74, 6) is -2.47. The Labute approximate surface area is 149 Å². The van der Waals surface area contributed by atoms with Gasteiger partial charge in [-0.15, -0.1) is 0 Å². The van der Waals surface area contributed by atoms with Gasteiger partial charge in [-0.3, -0.25) is 9.59 Å². The number of hydrogen-bond acceptors (Lipinski definition) is 6. The second-order valence-corrected chi connectivity index (χ2v) is 6.76. The summed E-state index contributed by atoms with van der Waals surface area (Å²) in [6.45, 7) is 0. The van der Waals surface area contributed by atoms with E-state index in [2.05, 4.69) is 0 Å². The van der Waals surface area contributed by atoms with Crippen molar-refractivity contribution in [3.63, 3.8) is 0 Å². The second kappa shape index (κ2) is 5.79. The topological polar surface area (TPSA) is 90.0 Å². The van der Waals surface area contributed by atoms with Crippen molar-refractivity contribution in [2.45, 2.75) is 6.42 Å². The number of benzene rings is 1. The van der Waals surface area contributed by atoms with Crippen molar-refractivity contribution in [2.24, 2.45) is 23.7 Å². The zero-order valence-electron chi connectivity index (χ0n) is 14.3. The lowest BCUT2D eigenvalue weighted by molar-refractivity contribution is -0.123. The standard InChI is InChI=1S/C19H17NO6/c1-25-18(23)11-6-12(19(24)26-2)8-13(7-11)20-16(21)14-9-3-4-10(5-9)15(14)17(20)22/h3-4,6-10,14-15H,5H2,1-2H3/t9-,10-,14-,15-/m0/s1. The number of carbonyl (C=O) groups excluding carboxylic acids is 4. The third-order valence-electron chi connectivity index (χ3n) is 5.49. The molecule has 7 nitrogen and oxygen atoms in total. The Bertz CT molecular complexity index is 809. The quantitative estimate of drug-likeness (QED) is 0.464. The van der Waals surface area contributed by atoms with E-state index < -0.39 is 11.9 Å². The molecule has 1 aliphatic heterocycles. The molecule has 1 aromatic carbocycles.